The number of benzene rings is 1. The lowest BCUT2D eigenvalue weighted by Gasteiger charge is -2.09. The summed E-state index contributed by atoms with van der Waals surface area (Å²) in [4.78, 5) is 34.6. The van der Waals surface area contributed by atoms with E-state index < -0.39 is 5.91 Å². The summed E-state index contributed by atoms with van der Waals surface area (Å²) in [6.07, 6.45) is 0.827. The third kappa shape index (κ3) is 3.44. The summed E-state index contributed by atoms with van der Waals surface area (Å²) >= 11 is 0. The molecule has 1 aromatic carbocycles. The Labute approximate surface area is 117 Å². The Morgan fingerprint density at radius 2 is 1.95 bits per heavy atom. The second kappa shape index (κ2) is 5.86. The van der Waals surface area contributed by atoms with Gasteiger partial charge in [0.25, 0.3) is 5.91 Å². The number of carbonyl (C=O) groups excluding carboxylic acids is 3. The number of Topliss-reactive ketones (excluding diaryl/α,β-unsaturated/α-hetero) is 1. The minimum absolute atomic E-state index is 0.0627. The van der Waals surface area contributed by atoms with Gasteiger partial charge in [-0.3, -0.25) is 14.4 Å². The Hall–Kier alpha value is -2.17. The summed E-state index contributed by atoms with van der Waals surface area (Å²) in [7, 11) is 0. The van der Waals surface area contributed by atoms with Crippen molar-refractivity contribution >= 4 is 23.3 Å². The molecule has 1 fully saturated rings. The highest BCUT2D eigenvalue weighted by Crippen LogP contribution is 2.38. The highest BCUT2D eigenvalue weighted by Gasteiger charge is 2.40. The van der Waals surface area contributed by atoms with Crippen molar-refractivity contribution in [2.24, 2.45) is 11.8 Å². The lowest BCUT2D eigenvalue weighted by atomic mass is 10.1. The van der Waals surface area contributed by atoms with Crippen molar-refractivity contribution in [3.8, 4) is 0 Å². The average Bonchev–Trinajstić information content (AvgIpc) is 3.13. The molecule has 2 rings (SSSR count). The van der Waals surface area contributed by atoms with Crippen LogP contribution < -0.4 is 5.32 Å². The third-order valence-corrected chi connectivity index (χ3v) is 3.34. The van der Waals surface area contributed by atoms with Crippen molar-refractivity contribution in [3.63, 3.8) is 0 Å². The smallest absolute Gasteiger partial charge is 0.309 e. The minimum atomic E-state index is -0.444. The second-order valence-corrected chi connectivity index (χ2v) is 5.08. The lowest BCUT2D eigenvalue weighted by Crippen LogP contribution is -2.22. The number of hydrogen-bond donors (Lipinski definition) is 1. The molecule has 5 nitrogen and oxygen atoms in total. The number of anilines is 1. The second-order valence-electron chi connectivity index (χ2n) is 5.08. The van der Waals surface area contributed by atoms with Crippen molar-refractivity contribution in [1.29, 1.82) is 0 Å². The van der Waals surface area contributed by atoms with Gasteiger partial charge in [-0.05, 0) is 31.4 Å². The number of rotatable bonds is 5. The van der Waals surface area contributed by atoms with Crippen LogP contribution in [0.4, 0.5) is 5.69 Å². The number of ketones is 1. The van der Waals surface area contributed by atoms with Crippen LogP contribution in [0.3, 0.4) is 0 Å². The topological polar surface area (TPSA) is 72.5 Å². The quantitative estimate of drug-likeness (QED) is 0.659. The molecule has 0 unspecified atom stereocenters. The van der Waals surface area contributed by atoms with Crippen molar-refractivity contribution in [2.45, 2.75) is 20.3 Å². The molecule has 1 aromatic rings. The normalized spacial score (nSPS) is 20.1. The van der Waals surface area contributed by atoms with Gasteiger partial charge in [0.15, 0.2) is 12.4 Å². The van der Waals surface area contributed by atoms with E-state index in [9.17, 15) is 14.4 Å². The first kappa shape index (κ1) is 14.2. The molecule has 1 amide bonds. The van der Waals surface area contributed by atoms with Crippen molar-refractivity contribution in [1.82, 2.24) is 0 Å². The van der Waals surface area contributed by atoms with Crippen LogP contribution in [0, 0.1) is 11.8 Å². The van der Waals surface area contributed by atoms with E-state index in [1.54, 1.807) is 24.3 Å². The van der Waals surface area contributed by atoms with Crippen LogP contribution in [0.15, 0.2) is 24.3 Å². The molecule has 0 radical (unpaired) electrons. The molecule has 1 saturated carbocycles. The molecule has 0 bridgehead atoms. The maximum Gasteiger partial charge on any atom is 0.309 e. The van der Waals surface area contributed by atoms with Gasteiger partial charge in [0.1, 0.15) is 0 Å². The number of hydrogen-bond acceptors (Lipinski definition) is 4. The molecule has 1 aliphatic carbocycles. The van der Waals surface area contributed by atoms with Crippen LogP contribution in [0.25, 0.3) is 0 Å². The van der Waals surface area contributed by atoms with E-state index in [1.165, 1.54) is 6.92 Å². The van der Waals surface area contributed by atoms with E-state index in [0.29, 0.717) is 17.2 Å². The molecule has 2 atom stereocenters. The average molecular weight is 275 g/mol. The molecular formula is C15H17NO4. The first-order valence-electron chi connectivity index (χ1n) is 6.55. The van der Waals surface area contributed by atoms with E-state index in [4.69, 9.17) is 4.74 Å². The molecule has 0 aromatic heterocycles. The van der Waals surface area contributed by atoms with Crippen molar-refractivity contribution < 1.29 is 19.1 Å². The highest BCUT2D eigenvalue weighted by molar-refractivity contribution is 6.04. The Bertz CT molecular complexity index is 553. The molecule has 1 aliphatic rings. The molecule has 0 aliphatic heterocycles. The predicted molar refractivity (Wildman–Crippen MR) is 73.3 cm³/mol. The lowest BCUT2D eigenvalue weighted by molar-refractivity contribution is -0.148. The maximum absolute atomic E-state index is 11.7. The Morgan fingerprint density at radius 3 is 2.55 bits per heavy atom. The van der Waals surface area contributed by atoms with Crippen LogP contribution in [-0.2, 0) is 14.3 Å². The zero-order valence-electron chi connectivity index (χ0n) is 11.5. The van der Waals surface area contributed by atoms with Gasteiger partial charge in [-0.1, -0.05) is 19.1 Å². The Morgan fingerprint density at radius 1 is 1.30 bits per heavy atom. The van der Waals surface area contributed by atoms with Crippen LogP contribution in [-0.4, -0.2) is 24.3 Å². The van der Waals surface area contributed by atoms with E-state index in [0.717, 1.165) is 6.42 Å². The highest BCUT2D eigenvalue weighted by atomic mass is 16.5. The number of nitrogens with one attached hydrogen (secondary N) is 1. The predicted octanol–water partition coefficient (Wildman–Crippen LogP) is 2.03. The fourth-order valence-corrected chi connectivity index (χ4v) is 1.98. The molecule has 20 heavy (non-hydrogen) atoms. The summed E-state index contributed by atoms with van der Waals surface area (Å²) in [6, 6.07) is 6.72. The molecule has 5 heteroatoms. The Kier molecular flexibility index (Phi) is 4.17. The number of para-hydroxylation sites is 1. The van der Waals surface area contributed by atoms with Gasteiger partial charge in [-0.2, -0.15) is 0 Å². The van der Waals surface area contributed by atoms with Gasteiger partial charge in [-0.15, -0.1) is 0 Å². The summed E-state index contributed by atoms with van der Waals surface area (Å²) in [6.45, 7) is 3.07. The zero-order chi connectivity index (χ0) is 14.7. The molecule has 0 heterocycles. The zero-order valence-corrected chi connectivity index (χ0v) is 11.5. The fraction of sp³-hybridized carbons (Fsp3) is 0.400. The van der Waals surface area contributed by atoms with Gasteiger partial charge in [-0.25, -0.2) is 0 Å². The SMILES string of the molecule is CC(=O)c1ccccc1NC(=O)COC(=O)[C@H]1C[C@@H]1C. The molecule has 1 N–H and O–H groups in total. The summed E-state index contributed by atoms with van der Waals surface area (Å²) in [5.74, 6) is -0.617. The van der Waals surface area contributed by atoms with Crippen molar-refractivity contribution in [3.05, 3.63) is 29.8 Å². The van der Waals surface area contributed by atoms with Crippen LogP contribution in [0.2, 0.25) is 0 Å². The largest absolute Gasteiger partial charge is 0.455 e. The maximum atomic E-state index is 11.7. The third-order valence-electron chi connectivity index (χ3n) is 3.34. The van der Waals surface area contributed by atoms with E-state index in [1.807, 2.05) is 6.92 Å². The summed E-state index contributed by atoms with van der Waals surface area (Å²) < 4.78 is 4.93. The standard InChI is InChI=1S/C15H17NO4/c1-9-7-12(9)15(19)20-8-14(18)16-13-6-4-3-5-11(13)10(2)17/h3-6,9,12H,7-8H2,1-2H3,(H,16,18)/t9-,12-/m0/s1. The first-order chi connectivity index (χ1) is 9.49. The number of ether oxygens (including phenoxy) is 1. The molecule has 0 spiro atoms. The van der Waals surface area contributed by atoms with E-state index in [2.05, 4.69) is 5.32 Å². The van der Waals surface area contributed by atoms with Gasteiger partial charge < -0.3 is 10.1 Å². The Balaban J connectivity index is 1.88. The first-order valence-corrected chi connectivity index (χ1v) is 6.55. The number of carbonyl (C=O) groups is 3. The summed E-state index contributed by atoms with van der Waals surface area (Å²) in [5.41, 5.74) is 0.865. The number of esters is 1. The number of amides is 1. The summed E-state index contributed by atoms with van der Waals surface area (Å²) in [5, 5.41) is 2.58. The van der Waals surface area contributed by atoms with Gasteiger partial charge in [0.2, 0.25) is 0 Å². The van der Waals surface area contributed by atoms with Crippen molar-refractivity contribution in [2.75, 3.05) is 11.9 Å². The molecule has 106 valence electrons. The fourth-order valence-electron chi connectivity index (χ4n) is 1.98. The van der Waals surface area contributed by atoms with Crippen LogP contribution in [0.5, 0.6) is 0 Å². The van der Waals surface area contributed by atoms with Crippen LogP contribution in [0.1, 0.15) is 30.6 Å². The minimum Gasteiger partial charge on any atom is -0.455 e. The van der Waals surface area contributed by atoms with Gasteiger partial charge in [0.05, 0.1) is 11.6 Å². The monoisotopic (exact) mass is 275 g/mol. The van der Waals surface area contributed by atoms with E-state index in [-0.39, 0.29) is 24.3 Å². The molecule has 0 saturated heterocycles. The molecular weight excluding hydrogens is 258 g/mol. The van der Waals surface area contributed by atoms with Crippen LogP contribution >= 0.6 is 0 Å². The van der Waals surface area contributed by atoms with Gasteiger partial charge >= 0.3 is 5.97 Å². The van der Waals surface area contributed by atoms with E-state index >= 15 is 0 Å². The van der Waals surface area contributed by atoms with Gasteiger partial charge in [0, 0.05) is 5.56 Å².